The number of esters is 1. The third-order valence-corrected chi connectivity index (χ3v) is 5.36. The van der Waals surface area contributed by atoms with E-state index in [2.05, 4.69) is 35.6 Å². The van der Waals surface area contributed by atoms with Crippen LogP contribution in [-0.4, -0.2) is 27.4 Å². The van der Waals surface area contributed by atoms with Crippen molar-refractivity contribution < 1.29 is 19.0 Å². The van der Waals surface area contributed by atoms with Crippen LogP contribution >= 0.6 is 15.9 Å². The second kappa shape index (κ2) is 9.32. The van der Waals surface area contributed by atoms with Crippen molar-refractivity contribution in [2.75, 3.05) is 13.4 Å². The van der Waals surface area contributed by atoms with Crippen LogP contribution in [0.25, 0.3) is 0 Å². The Bertz CT molecular complexity index is 486. The normalized spacial score (nSPS) is 11.3. The van der Waals surface area contributed by atoms with E-state index in [1.165, 1.54) is 6.92 Å². The maximum Gasteiger partial charge on any atom is 0.302 e. The monoisotopic (exact) mass is 388 g/mol. The van der Waals surface area contributed by atoms with Crippen LogP contribution in [0.4, 0.5) is 0 Å². The third-order valence-electron chi connectivity index (χ3n) is 3.01. The van der Waals surface area contributed by atoms with Gasteiger partial charge in [0, 0.05) is 32.5 Å². The Morgan fingerprint density at radius 1 is 1.27 bits per heavy atom. The molecule has 0 spiro atoms. The summed E-state index contributed by atoms with van der Waals surface area (Å²) in [6, 6.07) is 6.94. The summed E-state index contributed by atoms with van der Waals surface area (Å²) >= 11 is 3.43. The summed E-state index contributed by atoms with van der Waals surface area (Å²) in [4.78, 5) is 11.0. The highest BCUT2D eigenvalue weighted by molar-refractivity contribution is 9.08. The summed E-state index contributed by atoms with van der Waals surface area (Å²) < 4.78 is 16.3. The van der Waals surface area contributed by atoms with Gasteiger partial charge in [0.05, 0.1) is 0 Å². The van der Waals surface area contributed by atoms with Crippen LogP contribution in [0.5, 0.6) is 5.75 Å². The summed E-state index contributed by atoms with van der Waals surface area (Å²) in [5, 5.41) is 0.744. The molecular formula is C16H25BrO4Si. The van der Waals surface area contributed by atoms with Gasteiger partial charge in [0.25, 0.3) is 0 Å². The molecule has 0 bridgehead atoms. The molecule has 0 radical (unpaired) electrons. The molecule has 0 aliphatic carbocycles. The van der Waals surface area contributed by atoms with E-state index in [9.17, 15) is 4.79 Å². The van der Waals surface area contributed by atoms with Crippen LogP contribution < -0.4 is 4.74 Å². The third kappa shape index (κ3) is 7.96. The zero-order valence-electron chi connectivity index (χ0n) is 13.8. The number of ether oxygens (including phenoxy) is 3. The summed E-state index contributed by atoms with van der Waals surface area (Å²) in [5.41, 5.74) is 1.94. The van der Waals surface area contributed by atoms with Crippen molar-refractivity contribution in [3.05, 3.63) is 29.3 Å². The van der Waals surface area contributed by atoms with E-state index >= 15 is 0 Å². The summed E-state index contributed by atoms with van der Waals surface area (Å²) in [7, 11) is -1.08. The molecule has 0 aromatic heterocycles. The lowest BCUT2D eigenvalue weighted by molar-refractivity contribution is -0.142. The molecule has 0 atom stereocenters. The van der Waals surface area contributed by atoms with E-state index in [4.69, 9.17) is 14.2 Å². The van der Waals surface area contributed by atoms with Gasteiger partial charge < -0.3 is 14.2 Å². The van der Waals surface area contributed by atoms with Crippen LogP contribution in [-0.2, 0) is 26.2 Å². The number of hydrogen-bond donors (Lipinski definition) is 0. The minimum atomic E-state index is -1.08. The second-order valence-electron chi connectivity index (χ2n) is 6.34. The Morgan fingerprint density at radius 3 is 2.59 bits per heavy atom. The van der Waals surface area contributed by atoms with Gasteiger partial charge in [-0.15, -0.1) is 0 Å². The fourth-order valence-corrected chi connectivity index (χ4v) is 2.76. The van der Waals surface area contributed by atoms with Crippen molar-refractivity contribution >= 4 is 30.0 Å². The van der Waals surface area contributed by atoms with E-state index in [-0.39, 0.29) is 19.4 Å². The van der Waals surface area contributed by atoms with E-state index in [0.717, 1.165) is 22.5 Å². The Labute approximate surface area is 142 Å². The van der Waals surface area contributed by atoms with E-state index in [0.29, 0.717) is 12.4 Å². The Hall–Kier alpha value is -0.853. The van der Waals surface area contributed by atoms with Gasteiger partial charge in [0.1, 0.15) is 12.4 Å². The van der Waals surface area contributed by atoms with Gasteiger partial charge in [-0.3, -0.25) is 4.79 Å². The molecule has 0 heterocycles. The maximum absolute atomic E-state index is 11.0. The number of alkyl halides is 1. The average molecular weight is 389 g/mol. The number of benzene rings is 1. The van der Waals surface area contributed by atoms with Crippen LogP contribution in [0, 0.1) is 0 Å². The zero-order valence-corrected chi connectivity index (χ0v) is 16.4. The predicted octanol–water partition coefficient (Wildman–Crippen LogP) is 4.34. The van der Waals surface area contributed by atoms with Crippen molar-refractivity contribution in [1.82, 2.24) is 0 Å². The summed E-state index contributed by atoms with van der Waals surface area (Å²) in [5.74, 6) is 0.396. The molecular weight excluding hydrogens is 364 g/mol. The Kier molecular flexibility index (Phi) is 8.13. The number of carbonyl (C=O) groups is 1. The van der Waals surface area contributed by atoms with Gasteiger partial charge in [0.2, 0.25) is 0 Å². The highest BCUT2D eigenvalue weighted by Crippen LogP contribution is 2.23. The van der Waals surface area contributed by atoms with E-state index in [1.807, 2.05) is 18.2 Å². The minimum absolute atomic E-state index is 0.210. The molecule has 124 valence electrons. The van der Waals surface area contributed by atoms with E-state index in [1.54, 1.807) is 0 Å². The minimum Gasteiger partial charge on any atom is -0.467 e. The fourth-order valence-electron chi connectivity index (χ4n) is 1.66. The van der Waals surface area contributed by atoms with Gasteiger partial charge in [0.15, 0.2) is 6.79 Å². The van der Waals surface area contributed by atoms with Gasteiger partial charge in [-0.05, 0) is 17.7 Å². The Morgan fingerprint density at radius 2 is 2.00 bits per heavy atom. The number of halogens is 1. The first-order valence-corrected chi connectivity index (χ1v) is 12.2. The Balaban J connectivity index is 2.56. The first-order chi connectivity index (χ1) is 10.3. The van der Waals surface area contributed by atoms with Crippen molar-refractivity contribution in [2.24, 2.45) is 0 Å². The smallest absolute Gasteiger partial charge is 0.302 e. The van der Waals surface area contributed by atoms with Gasteiger partial charge in [-0.1, -0.05) is 47.7 Å². The summed E-state index contributed by atoms with van der Waals surface area (Å²) in [6.07, 6.45) is 0. The van der Waals surface area contributed by atoms with Crippen molar-refractivity contribution in [1.29, 1.82) is 0 Å². The van der Waals surface area contributed by atoms with Gasteiger partial charge in [-0.25, -0.2) is 0 Å². The first kappa shape index (κ1) is 19.2. The van der Waals surface area contributed by atoms with Crippen LogP contribution in [0.3, 0.4) is 0 Å². The largest absolute Gasteiger partial charge is 0.467 e. The SMILES string of the molecule is CC(=O)OCc1ccc(CBr)cc1OCOCC[Si](C)(C)C. The molecule has 1 aromatic rings. The molecule has 22 heavy (non-hydrogen) atoms. The average Bonchev–Trinajstić information content (AvgIpc) is 2.44. The van der Waals surface area contributed by atoms with Crippen LogP contribution in [0.2, 0.25) is 25.7 Å². The lowest BCUT2D eigenvalue weighted by Gasteiger charge is -2.16. The number of rotatable bonds is 9. The quantitative estimate of drug-likeness (QED) is 0.207. The lowest BCUT2D eigenvalue weighted by atomic mass is 10.1. The van der Waals surface area contributed by atoms with Crippen molar-refractivity contribution in [2.45, 2.75) is 44.5 Å². The van der Waals surface area contributed by atoms with Gasteiger partial charge >= 0.3 is 5.97 Å². The zero-order chi connectivity index (χ0) is 16.6. The van der Waals surface area contributed by atoms with Crippen LogP contribution in [0.15, 0.2) is 18.2 Å². The first-order valence-electron chi connectivity index (χ1n) is 7.33. The standard InChI is InChI=1S/C16H25BrO4Si/c1-13(18)20-11-15-6-5-14(10-17)9-16(15)21-12-19-7-8-22(2,3)4/h5-6,9H,7-8,10-12H2,1-4H3. The fraction of sp³-hybridized carbons (Fsp3) is 0.562. The molecule has 0 saturated heterocycles. The molecule has 0 unspecified atom stereocenters. The molecule has 1 rings (SSSR count). The highest BCUT2D eigenvalue weighted by Gasteiger charge is 2.12. The summed E-state index contributed by atoms with van der Waals surface area (Å²) in [6.45, 7) is 9.47. The van der Waals surface area contributed by atoms with Crippen molar-refractivity contribution in [3.63, 3.8) is 0 Å². The highest BCUT2D eigenvalue weighted by atomic mass is 79.9. The molecule has 0 amide bonds. The number of carbonyl (C=O) groups excluding carboxylic acids is 1. The molecule has 0 aliphatic rings. The molecule has 0 aliphatic heterocycles. The van der Waals surface area contributed by atoms with Crippen molar-refractivity contribution in [3.8, 4) is 5.75 Å². The molecule has 0 fully saturated rings. The second-order valence-corrected chi connectivity index (χ2v) is 12.5. The molecule has 0 N–H and O–H groups in total. The van der Waals surface area contributed by atoms with Crippen LogP contribution in [0.1, 0.15) is 18.1 Å². The predicted molar refractivity (Wildman–Crippen MR) is 94.1 cm³/mol. The maximum atomic E-state index is 11.0. The topological polar surface area (TPSA) is 44.8 Å². The number of hydrogen-bond acceptors (Lipinski definition) is 4. The van der Waals surface area contributed by atoms with Gasteiger partial charge in [-0.2, -0.15) is 0 Å². The lowest BCUT2D eigenvalue weighted by Crippen LogP contribution is -2.22. The van der Waals surface area contributed by atoms with E-state index < -0.39 is 8.07 Å². The molecule has 6 heteroatoms. The molecule has 4 nitrogen and oxygen atoms in total. The molecule has 1 aromatic carbocycles. The molecule has 0 saturated carbocycles.